The van der Waals surface area contributed by atoms with E-state index in [0.717, 1.165) is 20.3 Å². The molecule has 0 aliphatic rings. The molecule has 33 heavy (non-hydrogen) atoms. The Kier molecular flexibility index (Phi) is 9.85. The number of aliphatic hydroxyl groups is 1. The summed E-state index contributed by atoms with van der Waals surface area (Å²) in [5.41, 5.74) is 1.57. The lowest BCUT2D eigenvalue weighted by atomic mass is 9.98. The molecule has 0 spiro atoms. The Morgan fingerprint density at radius 2 is 1.45 bits per heavy atom. The van der Waals surface area contributed by atoms with Gasteiger partial charge in [0.2, 0.25) is 0 Å². The van der Waals surface area contributed by atoms with E-state index < -0.39 is 28.4 Å². The number of rotatable bonds is 12. The Morgan fingerprint density at radius 1 is 0.939 bits per heavy atom. The molecule has 0 saturated carbocycles. The van der Waals surface area contributed by atoms with Gasteiger partial charge in [0, 0.05) is 33.7 Å². The lowest BCUT2D eigenvalue weighted by Crippen LogP contribution is -2.56. The van der Waals surface area contributed by atoms with Gasteiger partial charge in [-0.3, -0.25) is 0 Å². The average molecular weight is 477 g/mol. The molecule has 0 aromatic heterocycles. The number of hydrogen-bond donors (Lipinski definition) is 1. The highest BCUT2D eigenvalue weighted by Gasteiger charge is 2.33. The lowest BCUT2D eigenvalue weighted by molar-refractivity contribution is -0.270. The molecule has 182 valence electrons. The second-order valence-corrected chi connectivity index (χ2v) is 10.8. The molecule has 0 radical (unpaired) electrons. The van der Waals surface area contributed by atoms with Crippen molar-refractivity contribution in [2.75, 3.05) is 27.2 Å². The molecule has 2 unspecified atom stereocenters. The minimum absolute atomic E-state index is 0.0149. The number of carbonyl (C=O) groups is 1. The van der Waals surface area contributed by atoms with E-state index >= 15 is 0 Å². The van der Waals surface area contributed by atoms with E-state index in [0.29, 0.717) is 0 Å². The maximum atomic E-state index is 12.9. The third-order valence-electron chi connectivity index (χ3n) is 5.31. The summed E-state index contributed by atoms with van der Waals surface area (Å²) in [6, 6.07) is 17.3. The molecule has 0 aliphatic carbocycles. The van der Waals surface area contributed by atoms with E-state index in [9.17, 15) is 23.4 Å². The van der Waals surface area contributed by atoms with Crippen LogP contribution in [-0.4, -0.2) is 72.5 Å². The molecule has 1 amide bonds. The quantitative estimate of drug-likeness (QED) is 0.501. The Hall–Kier alpha value is -2.46. The summed E-state index contributed by atoms with van der Waals surface area (Å²) < 4.78 is 28.0. The second kappa shape index (κ2) is 12.1. The fourth-order valence-corrected chi connectivity index (χ4v) is 4.93. The first-order valence-electron chi connectivity index (χ1n) is 10.9. The van der Waals surface area contributed by atoms with Crippen LogP contribution in [0.4, 0.5) is 4.79 Å². The first kappa shape index (κ1) is 26.8. The molecule has 0 heterocycles. The van der Waals surface area contributed by atoms with Gasteiger partial charge in [-0.1, -0.05) is 74.5 Å². The van der Waals surface area contributed by atoms with Crippen LogP contribution in [0.5, 0.6) is 0 Å². The molecule has 8 nitrogen and oxygen atoms in total. The van der Waals surface area contributed by atoms with E-state index in [2.05, 4.69) is 0 Å². The van der Waals surface area contributed by atoms with Crippen molar-refractivity contribution in [3.8, 4) is 0 Å². The average Bonchev–Trinajstić information content (AvgIpc) is 2.76. The van der Waals surface area contributed by atoms with Crippen molar-refractivity contribution in [3.05, 3.63) is 71.8 Å². The van der Waals surface area contributed by atoms with Gasteiger partial charge >= 0.3 is 0 Å². The van der Waals surface area contributed by atoms with Crippen molar-refractivity contribution in [1.29, 1.82) is 0 Å². The summed E-state index contributed by atoms with van der Waals surface area (Å²) in [7, 11) is -0.955. The van der Waals surface area contributed by atoms with Gasteiger partial charge < -0.3 is 19.9 Å². The molecular formula is C24H34N3O5S-. The van der Waals surface area contributed by atoms with E-state index in [4.69, 9.17) is 0 Å². The van der Waals surface area contributed by atoms with Crippen LogP contribution in [0, 0.1) is 5.92 Å². The third kappa shape index (κ3) is 7.82. The number of carbonyl (C=O) groups excluding carboxylic acids is 1. The highest BCUT2D eigenvalue weighted by atomic mass is 32.2. The van der Waals surface area contributed by atoms with Crippen molar-refractivity contribution < 1.29 is 23.4 Å². The van der Waals surface area contributed by atoms with Crippen LogP contribution in [0.25, 0.3) is 0 Å². The highest BCUT2D eigenvalue weighted by molar-refractivity contribution is 7.86. The molecule has 0 bridgehead atoms. The number of benzene rings is 2. The summed E-state index contributed by atoms with van der Waals surface area (Å²) in [6.07, 6.45) is -2.50. The smallest absolute Gasteiger partial charge is 0.281 e. The van der Waals surface area contributed by atoms with E-state index in [1.54, 1.807) is 24.3 Å². The van der Waals surface area contributed by atoms with Crippen LogP contribution in [0.2, 0.25) is 0 Å². The van der Waals surface area contributed by atoms with Crippen LogP contribution in [0.3, 0.4) is 0 Å². The Labute approximate surface area is 197 Å². The van der Waals surface area contributed by atoms with Gasteiger partial charge in [-0.2, -0.15) is 17.0 Å². The Balaban J connectivity index is 2.40. The largest absolute Gasteiger partial charge is 0.530 e. The monoisotopic (exact) mass is 476 g/mol. The molecule has 2 atom stereocenters. The topological polar surface area (TPSA) is 104 Å². The standard InChI is InChI=1S/C24H35N3O5S/c1-19(2)16-26(33(31,32)25(3)4)18-23(28)22(15-20-11-7-5-8-12-20)27(24(29)30)17-21-13-9-6-10-14-21/h5-14,19,22-23,28H,15-18H2,1-4H3,(H,29,30)/p-1. The summed E-state index contributed by atoms with van der Waals surface area (Å²) in [5.74, 6) is 0.0149. The zero-order valence-corrected chi connectivity index (χ0v) is 20.5. The van der Waals surface area contributed by atoms with E-state index in [1.165, 1.54) is 18.4 Å². The van der Waals surface area contributed by atoms with Crippen molar-refractivity contribution in [3.63, 3.8) is 0 Å². The van der Waals surface area contributed by atoms with Crippen molar-refractivity contribution in [1.82, 2.24) is 13.5 Å². The molecule has 2 rings (SSSR count). The van der Waals surface area contributed by atoms with Crippen LogP contribution in [0.1, 0.15) is 25.0 Å². The van der Waals surface area contributed by atoms with Gasteiger partial charge in [-0.25, -0.2) is 0 Å². The maximum Gasteiger partial charge on any atom is 0.281 e. The number of aliphatic hydroxyl groups excluding tert-OH is 1. The first-order valence-corrected chi connectivity index (χ1v) is 12.3. The van der Waals surface area contributed by atoms with Crippen LogP contribution in [-0.2, 0) is 23.2 Å². The highest BCUT2D eigenvalue weighted by Crippen LogP contribution is 2.19. The fraction of sp³-hybridized carbons (Fsp3) is 0.458. The molecule has 2 aromatic rings. The predicted molar refractivity (Wildman–Crippen MR) is 126 cm³/mol. The van der Waals surface area contributed by atoms with E-state index in [1.807, 2.05) is 50.2 Å². The zero-order chi connectivity index (χ0) is 24.6. The first-order chi connectivity index (χ1) is 15.5. The van der Waals surface area contributed by atoms with Gasteiger partial charge in [0.1, 0.15) is 6.09 Å². The number of hydrogen-bond acceptors (Lipinski definition) is 5. The molecular weight excluding hydrogens is 442 g/mol. The van der Waals surface area contributed by atoms with Crippen LogP contribution < -0.4 is 5.11 Å². The Morgan fingerprint density at radius 3 is 1.91 bits per heavy atom. The van der Waals surface area contributed by atoms with Gasteiger partial charge in [0.25, 0.3) is 10.2 Å². The van der Waals surface area contributed by atoms with Gasteiger partial charge in [-0.05, 0) is 23.5 Å². The normalized spacial score (nSPS) is 13.9. The number of nitrogens with zero attached hydrogens (tertiary/aromatic N) is 3. The summed E-state index contributed by atoms with van der Waals surface area (Å²) in [6.45, 7) is 3.74. The van der Waals surface area contributed by atoms with Gasteiger partial charge in [0.15, 0.2) is 0 Å². The molecule has 1 N–H and O–H groups in total. The minimum Gasteiger partial charge on any atom is -0.530 e. The fourth-order valence-electron chi connectivity index (χ4n) is 3.64. The molecule has 0 aliphatic heterocycles. The van der Waals surface area contributed by atoms with Crippen molar-refractivity contribution >= 4 is 16.3 Å². The SMILES string of the molecule is CC(C)CN(CC(O)C(Cc1ccccc1)N(Cc1ccccc1)C(=O)[O-])S(=O)(=O)N(C)C. The van der Waals surface area contributed by atoms with Crippen molar-refractivity contribution in [2.24, 2.45) is 5.92 Å². The van der Waals surface area contributed by atoms with E-state index in [-0.39, 0.29) is 32.0 Å². The van der Waals surface area contributed by atoms with Gasteiger partial charge in [0.05, 0.1) is 12.1 Å². The molecule has 0 fully saturated rings. The predicted octanol–water partition coefficient (Wildman–Crippen LogP) is 1.57. The minimum atomic E-state index is -3.82. The number of carboxylic acid groups (broad SMARTS) is 1. The van der Waals surface area contributed by atoms with Crippen LogP contribution in [0.15, 0.2) is 60.7 Å². The zero-order valence-electron chi connectivity index (χ0n) is 19.7. The molecule has 9 heteroatoms. The summed E-state index contributed by atoms with van der Waals surface area (Å²) in [5, 5.41) is 23.4. The number of amides is 1. The Bertz CT molecular complexity index is 968. The van der Waals surface area contributed by atoms with Crippen LogP contribution >= 0.6 is 0 Å². The third-order valence-corrected chi connectivity index (χ3v) is 7.18. The summed E-state index contributed by atoms with van der Waals surface area (Å²) >= 11 is 0. The van der Waals surface area contributed by atoms with Gasteiger partial charge in [-0.15, -0.1) is 0 Å². The second-order valence-electron chi connectivity index (χ2n) is 8.70. The van der Waals surface area contributed by atoms with Crippen molar-refractivity contribution in [2.45, 2.75) is 39.0 Å². The summed E-state index contributed by atoms with van der Waals surface area (Å²) in [4.78, 5) is 13.3. The molecule has 0 saturated heterocycles. The molecule has 2 aromatic carbocycles. The maximum absolute atomic E-state index is 12.9. The lowest BCUT2D eigenvalue weighted by Gasteiger charge is -2.39.